The van der Waals surface area contributed by atoms with Gasteiger partial charge in [0.1, 0.15) is 17.8 Å². The number of pyridine rings is 1. The largest absolute Gasteiger partial charge is 0.467 e. The number of hydrogen-bond donors (Lipinski definition) is 2. The van der Waals surface area contributed by atoms with Crippen LogP contribution in [0.5, 0.6) is 0 Å². The van der Waals surface area contributed by atoms with Crippen molar-refractivity contribution in [3.05, 3.63) is 47.5 Å². The summed E-state index contributed by atoms with van der Waals surface area (Å²) in [6.45, 7) is 0.685. The van der Waals surface area contributed by atoms with Crippen LogP contribution in [0.4, 0.5) is 5.82 Å². The van der Waals surface area contributed by atoms with Crippen LogP contribution in [0.2, 0.25) is 0 Å². The van der Waals surface area contributed by atoms with Gasteiger partial charge in [-0.25, -0.2) is 4.98 Å². The topological polar surface area (TPSA) is 84.4 Å². The Labute approximate surface area is 141 Å². The SMILES string of the molecule is CN(C)c1ncccc1CNC(=O)c1coc(CN)c1.Cl.Cl. The second-order valence-electron chi connectivity index (χ2n) is 4.57. The maximum atomic E-state index is 12.0. The Kier molecular flexibility index (Phi) is 8.55. The first kappa shape index (κ1) is 20.2. The molecule has 2 aromatic heterocycles. The summed E-state index contributed by atoms with van der Waals surface area (Å²) in [7, 11) is 3.83. The smallest absolute Gasteiger partial charge is 0.254 e. The number of furan rings is 1. The monoisotopic (exact) mass is 346 g/mol. The molecule has 2 rings (SSSR count). The van der Waals surface area contributed by atoms with Gasteiger partial charge in [0.25, 0.3) is 5.91 Å². The van der Waals surface area contributed by atoms with Crippen molar-refractivity contribution in [2.45, 2.75) is 13.1 Å². The fourth-order valence-electron chi connectivity index (χ4n) is 1.86. The van der Waals surface area contributed by atoms with Crippen molar-refractivity contribution in [1.29, 1.82) is 0 Å². The van der Waals surface area contributed by atoms with Crippen molar-refractivity contribution in [1.82, 2.24) is 10.3 Å². The van der Waals surface area contributed by atoms with Crippen LogP contribution >= 0.6 is 24.8 Å². The molecular weight excluding hydrogens is 327 g/mol. The quantitative estimate of drug-likeness (QED) is 0.864. The van der Waals surface area contributed by atoms with Gasteiger partial charge in [0.05, 0.1) is 12.1 Å². The second-order valence-corrected chi connectivity index (χ2v) is 4.57. The lowest BCUT2D eigenvalue weighted by Crippen LogP contribution is -2.24. The highest BCUT2D eigenvalue weighted by Gasteiger charge is 2.11. The molecule has 0 unspecified atom stereocenters. The van der Waals surface area contributed by atoms with Crippen molar-refractivity contribution in [2.75, 3.05) is 19.0 Å². The first-order valence-corrected chi connectivity index (χ1v) is 6.28. The predicted octanol–water partition coefficient (Wildman–Crippen LogP) is 1.97. The molecule has 22 heavy (non-hydrogen) atoms. The van der Waals surface area contributed by atoms with Gasteiger partial charge in [-0.05, 0) is 12.1 Å². The fraction of sp³-hybridized carbons (Fsp3) is 0.286. The predicted molar refractivity (Wildman–Crippen MR) is 90.8 cm³/mol. The summed E-state index contributed by atoms with van der Waals surface area (Å²) in [5, 5.41) is 2.84. The van der Waals surface area contributed by atoms with Crippen LogP contribution < -0.4 is 16.0 Å². The van der Waals surface area contributed by atoms with Gasteiger partial charge < -0.3 is 20.4 Å². The lowest BCUT2D eigenvalue weighted by molar-refractivity contribution is 0.0950. The molecule has 3 N–H and O–H groups in total. The van der Waals surface area contributed by atoms with E-state index in [1.54, 1.807) is 12.3 Å². The van der Waals surface area contributed by atoms with Crippen LogP contribution in [0.25, 0.3) is 0 Å². The normalized spacial score (nSPS) is 9.41. The first-order valence-electron chi connectivity index (χ1n) is 6.28. The number of rotatable bonds is 5. The van der Waals surface area contributed by atoms with Gasteiger partial charge >= 0.3 is 0 Å². The summed E-state index contributed by atoms with van der Waals surface area (Å²) >= 11 is 0. The van der Waals surface area contributed by atoms with Crippen molar-refractivity contribution in [2.24, 2.45) is 5.73 Å². The third-order valence-corrected chi connectivity index (χ3v) is 2.85. The van der Waals surface area contributed by atoms with E-state index >= 15 is 0 Å². The van der Waals surface area contributed by atoms with Crippen LogP contribution in [0, 0.1) is 0 Å². The molecule has 8 heteroatoms. The minimum atomic E-state index is -0.193. The summed E-state index contributed by atoms with van der Waals surface area (Å²) in [6, 6.07) is 5.42. The van der Waals surface area contributed by atoms with Crippen molar-refractivity contribution in [3.63, 3.8) is 0 Å². The summed E-state index contributed by atoms with van der Waals surface area (Å²) in [4.78, 5) is 18.2. The van der Waals surface area contributed by atoms with Crippen LogP contribution in [-0.4, -0.2) is 25.0 Å². The van der Waals surface area contributed by atoms with Gasteiger partial charge in [-0.3, -0.25) is 4.79 Å². The summed E-state index contributed by atoms with van der Waals surface area (Å²) in [5.74, 6) is 1.23. The van der Waals surface area contributed by atoms with Gasteiger partial charge in [-0.2, -0.15) is 0 Å². The van der Waals surface area contributed by atoms with E-state index in [9.17, 15) is 4.79 Å². The molecule has 1 amide bonds. The van der Waals surface area contributed by atoms with Gasteiger partial charge in [0.2, 0.25) is 0 Å². The molecule has 0 fully saturated rings. The molecule has 0 spiro atoms. The first-order chi connectivity index (χ1) is 9.61. The van der Waals surface area contributed by atoms with Crippen LogP contribution in [0.15, 0.2) is 35.1 Å². The average molecular weight is 347 g/mol. The summed E-state index contributed by atoms with van der Waals surface area (Å²) < 4.78 is 5.14. The highest BCUT2D eigenvalue weighted by Crippen LogP contribution is 2.14. The number of nitrogens with one attached hydrogen (secondary N) is 1. The molecule has 0 aromatic carbocycles. The highest BCUT2D eigenvalue weighted by atomic mass is 35.5. The van der Waals surface area contributed by atoms with Gasteiger partial charge in [0, 0.05) is 32.4 Å². The summed E-state index contributed by atoms with van der Waals surface area (Å²) in [5.41, 5.74) is 6.87. The number of carbonyl (C=O) groups is 1. The Hall–Kier alpha value is -1.76. The number of anilines is 1. The second kappa shape index (κ2) is 9.30. The van der Waals surface area contributed by atoms with E-state index in [1.165, 1.54) is 6.26 Å². The molecule has 0 bridgehead atoms. The number of halogens is 2. The molecule has 0 atom stereocenters. The maximum absolute atomic E-state index is 12.0. The molecule has 0 saturated heterocycles. The lowest BCUT2D eigenvalue weighted by Gasteiger charge is -2.15. The van der Waals surface area contributed by atoms with Crippen molar-refractivity contribution in [3.8, 4) is 0 Å². The summed E-state index contributed by atoms with van der Waals surface area (Å²) in [6.07, 6.45) is 3.14. The Bertz CT molecular complexity index is 602. The molecule has 0 aliphatic heterocycles. The van der Waals surface area contributed by atoms with Crippen LogP contribution in [0.1, 0.15) is 21.7 Å². The minimum absolute atomic E-state index is 0. The number of nitrogens with zero attached hydrogens (tertiary/aromatic N) is 2. The van der Waals surface area contributed by atoms with E-state index in [0.717, 1.165) is 11.4 Å². The molecule has 2 aromatic rings. The molecule has 0 saturated carbocycles. The standard InChI is InChI=1S/C14H18N4O2.2ClH/c1-18(2)13-10(4-3-5-16-13)8-17-14(19)11-6-12(7-15)20-9-11;;/h3-6,9H,7-8,15H2,1-2H3,(H,17,19);2*1H. The van der Waals surface area contributed by atoms with Crippen LogP contribution in [0.3, 0.4) is 0 Å². The molecule has 6 nitrogen and oxygen atoms in total. The zero-order valence-corrected chi connectivity index (χ0v) is 14.0. The van der Waals surface area contributed by atoms with E-state index in [1.807, 2.05) is 31.1 Å². The van der Waals surface area contributed by atoms with Gasteiger partial charge in [-0.1, -0.05) is 6.07 Å². The Morgan fingerprint density at radius 3 is 2.73 bits per heavy atom. The number of aromatic nitrogens is 1. The molecule has 122 valence electrons. The van der Waals surface area contributed by atoms with Crippen LogP contribution in [-0.2, 0) is 13.1 Å². The molecule has 2 heterocycles. The lowest BCUT2D eigenvalue weighted by atomic mass is 10.2. The van der Waals surface area contributed by atoms with E-state index in [4.69, 9.17) is 10.2 Å². The Morgan fingerprint density at radius 1 is 1.41 bits per heavy atom. The Balaban J connectivity index is 0.00000220. The van der Waals surface area contributed by atoms with Crippen molar-refractivity contribution < 1.29 is 9.21 Å². The zero-order chi connectivity index (χ0) is 14.5. The van der Waals surface area contributed by atoms with E-state index < -0.39 is 0 Å². The van der Waals surface area contributed by atoms with Gasteiger partial charge in [-0.15, -0.1) is 24.8 Å². The zero-order valence-electron chi connectivity index (χ0n) is 12.4. The molecular formula is C14H20Cl2N4O2. The molecule has 0 aliphatic carbocycles. The highest BCUT2D eigenvalue weighted by molar-refractivity contribution is 5.94. The third-order valence-electron chi connectivity index (χ3n) is 2.85. The van der Waals surface area contributed by atoms with E-state index in [-0.39, 0.29) is 37.3 Å². The average Bonchev–Trinajstić information content (AvgIpc) is 2.94. The minimum Gasteiger partial charge on any atom is -0.467 e. The third kappa shape index (κ3) is 4.91. The number of nitrogens with two attached hydrogens (primary N) is 1. The number of hydrogen-bond acceptors (Lipinski definition) is 5. The van der Waals surface area contributed by atoms with E-state index in [0.29, 0.717) is 17.9 Å². The molecule has 0 aliphatic rings. The fourth-order valence-corrected chi connectivity index (χ4v) is 1.86. The van der Waals surface area contributed by atoms with Gasteiger partial charge in [0.15, 0.2) is 0 Å². The number of carbonyl (C=O) groups excluding carboxylic acids is 1. The van der Waals surface area contributed by atoms with E-state index in [2.05, 4.69) is 10.3 Å². The Morgan fingerprint density at radius 2 is 2.14 bits per heavy atom. The molecule has 0 radical (unpaired) electrons. The maximum Gasteiger partial charge on any atom is 0.254 e. The number of amides is 1. The van der Waals surface area contributed by atoms with Crippen molar-refractivity contribution >= 4 is 36.5 Å².